The third kappa shape index (κ3) is 63.7. The van der Waals surface area contributed by atoms with Crippen LogP contribution < -0.4 is 0 Å². The summed E-state index contributed by atoms with van der Waals surface area (Å²) >= 11 is 0. The smallest absolute Gasteiger partial charge is 0.306 e. The molecule has 0 bridgehead atoms. The lowest BCUT2D eigenvalue weighted by molar-refractivity contribution is -0.167. The number of carbonyl (C=O) groups excluding carboxylic acids is 3. The molecule has 0 saturated carbocycles. The number of unbranched alkanes of at least 4 members (excludes halogenated alkanes) is 39. The summed E-state index contributed by atoms with van der Waals surface area (Å²) in [5, 5.41) is 0. The van der Waals surface area contributed by atoms with Crippen LogP contribution in [0.3, 0.4) is 0 Å². The van der Waals surface area contributed by atoms with Crippen molar-refractivity contribution in [3.05, 3.63) is 72.9 Å². The van der Waals surface area contributed by atoms with Crippen molar-refractivity contribution in [2.75, 3.05) is 13.2 Å². The second-order valence-corrected chi connectivity index (χ2v) is 22.7. The van der Waals surface area contributed by atoms with Crippen LogP contribution in [0.25, 0.3) is 0 Å². The Morgan fingerprint density at radius 3 is 0.782 bits per heavy atom. The van der Waals surface area contributed by atoms with E-state index in [9.17, 15) is 14.4 Å². The van der Waals surface area contributed by atoms with Gasteiger partial charge < -0.3 is 14.2 Å². The fourth-order valence-corrected chi connectivity index (χ4v) is 9.92. The summed E-state index contributed by atoms with van der Waals surface area (Å²) in [4.78, 5) is 38.4. The van der Waals surface area contributed by atoms with Gasteiger partial charge in [-0.15, -0.1) is 0 Å². The van der Waals surface area contributed by atoms with E-state index < -0.39 is 6.10 Å². The summed E-state index contributed by atoms with van der Waals surface area (Å²) in [5.74, 6) is -0.858. The molecule has 0 aliphatic heterocycles. The highest BCUT2D eigenvalue weighted by Crippen LogP contribution is 2.18. The summed E-state index contributed by atoms with van der Waals surface area (Å²) in [6.45, 7) is 6.58. The van der Waals surface area contributed by atoms with Crippen LogP contribution in [0.2, 0.25) is 0 Å². The fourth-order valence-electron chi connectivity index (χ4n) is 9.92. The molecule has 0 aromatic heterocycles. The lowest BCUT2D eigenvalue weighted by Gasteiger charge is -2.18. The van der Waals surface area contributed by atoms with Gasteiger partial charge in [0.1, 0.15) is 13.2 Å². The number of ether oxygens (including phenoxy) is 3. The van der Waals surface area contributed by atoms with Gasteiger partial charge in [0, 0.05) is 19.3 Å². The number of esters is 3. The average Bonchev–Trinajstić information content (AvgIpc) is 3.44. The Labute approximate surface area is 484 Å². The number of rotatable bonds is 62. The minimum Gasteiger partial charge on any atom is -0.462 e. The van der Waals surface area contributed by atoms with Gasteiger partial charge in [-0.3, -0.25) is 14.4 Å². The van der Waals surface area contributed by atoms with Gasteiger partial charge in [0.05, 0.1) is 0 Å². The van der Waals surface area contributed by atoms with Crippen molar-refractivity contribution in [1.82, 2.24) is 0 Å². The lowest BCUT2D eigenvalue weighted by Crippen LogP contribution is -2.30. The molecule has 0 heterocycles. The maximum atomic E-state index is 12.9. The molecule has 78 heavy (non-hydrogen) atoms. The molecule has 6 heteroatoms. The molecule has 0 N–H and O–H groups in total. The van der Waals surface area contributed by atoms with E-state index in [-0.39, 0.29) is 31.1 Å². The highest BCUT2D eigenvalue weighted by molar-refractivity contribution is 5.71. The molecule has 0 amide bonds. The molecule has 0 spiro atoms. The van der Waals surface area contributed by atoms with E-state index in [4.69, 9.17) is 14.2 Å². The molecule has 0 aromatic carbocycles. The Morgan fingerprint density at radius 2 is 0.500 bits per heavy atom. The molecule has 0 saturated heterocycles. The van der Waals surface area contributed by atoms with Gasteiger partial charge >= 0.3 is 17.9 Å². The summed E-state index contributed by atoms with van der Waals surface area (Å²) in [6.07, 6.45) is 86.2. The van der Waals surface area contributed by atoms with E-state index >= 15 is 0 Å². The Hall–Kier alpha value is -3.15. The maximum absolute atomic E-state index is 12.9. The maximum Gasteiger partial charge on any atom is 0.306 e. The Bertz CT molecular complexity index is 1440. The molecule has 0 aromatic rings. The van der Waals surface area contributed by atoms with Crippen LogP contribution in [-0.2, 0) is 28.6 Å². The lowest BCUT2D eigenvalue weighted by atomic mass is 10.0. The van der Waals surface area contributed by atoms with Crippen molar-refractivity contribution >= 4 is 17.9 Å². The first-order valence-electron chi connectivity index (χ1n) is 33.9. The molecule has 0 aliphatic rings. The summed E-state index contributed by atoms with van der Waals surface area (Å²) in [7, 11) is 0. The zero-order chi connectivity index (χ0) is 56.4. The molecule has 0 aliphatic carbocycles. The van der Waals surface area contributed by atoms with Crippen LogP contribution in [0.4, 0.5) is 0 Å². The van der Waals surface area contributed by atoms with Crippen molar-refractivity contribution < 1.29 is 28.6 Å². The van der Waals surface area contributed by atoms with Gasteiger partial charge in [-0.2, -0.15) is 0 Å². The molecule has 1 unspecified atom stereocenters. The highest BCUT2D eigenvalue weighted by atomic mass is 16.6. The summed E-state index contributed by atoms with van der Waals surface area (Å²) < 4.78 is 17.0. The third-order valence-corrected chi connectivity index (χ3v) is 15.0. The number of hydrogen-bond acceptors (Lipinski definition) is 6. The van der Waals surface area contributed by atoms with Crippen LogP contribution >= 0.6 is 0 Å². The minimum atomic E-state index is -0.776. The highest BCUT2D eigenvalue weighted by Gasteiger charge is 2.19. The normalized spacial score (nSPS) is 12.5. The number of hydrogen-bond donors (Lipinski definition) is 0. The number of carbonyl (C=O) groups is 3. The van der Waals surface area contributed by atoms with Crippen molar-refractivity contribution in [3.8, 4) is 0 Å². The molecule has 0 fully saturated rings. The van der Waals surface area contributed by atoms with Gasteiger partial charge in [-0.25, -0.2) is 0 Å². The van der Waals surface area contributed by atoms with Gasteiger partial charge in [0.25, 0.3) is 0 Å². The second kappa shape index (κ2) is 66.4. The van der Waals surface area contributed by atoms with E-state index in [0.717, 1.165) is 103 Å². The van der Waals surface area contributed by atoms with Crippen LogP contribution in [-0.4, -0.2) is 37.2 Å². The zero-order valence-electron chi connectivity index (χ0n) is 51.9. The molecule has 0 radical (unpaired) electrons. The van der Waals surface area contributed by atoms with E-state index in [1.54, 1.807) is 0 Å². The average molecular weight is 1090 g/mol. The molecule has 0 rings (SSSR count). The zero-order valence-corrected chi connectivity index (χ0v) is 51.9. The van der Waals surface area contributed by atoms with Crippen LogP contribution in [0.5, 0.6) is 0 Å². The van der Waals surface area contributed by atoms with Gasteiger partial charge in [0.2, 0.25) is 0 Å². The molecular formula is C72H128O6. The first kappa shape index (κ1) is 74.8. The minimum absolute atomic E-state index is 0.0723. The Morgan fingerprint density at radius 1 is 0.269 bits per heavy atom. The van der Waals surface area contributed by atoms with Crippen LogP contribution in [0.15, 0.2) is 72.9 Å². The number of allylic oxidation sites excluding steroid dienone is 12. The molecule has 1 atom stereocenters. The van der Waals surface area contributed by atoms with Gasteiger partial charge in [-0.1, -0.05) is 331 Å². The summed E-state index contributed by atoms with van der Waals surface area (Å²) in [6, 6.07) is 0. The standard InChI is InChI=1S/C72H128O6/c1-4-7-10-13-16-19-22-25-28-30-32-33-34-35-36-37-38-39-40-42-44-47-50-53-56-59-62-65-71(74)77-68-69(67-76-70(73)64-61-58-55-52-49-46-43-27-24-21-18-15-12-9-6-3)78-72(75)66-63-60-57-54-51-48-45-41-31-29-26-23-20-17-14-11-8-5-2/h7,10,16,19,25,28,32-33,35-36,38-39,69H,4-6,8-9,11-15,17-18,20-24,26-27,29-31,34,37,40-68H2,1-3H3/b10-7-,19-16-,28-25-,33-32-,36-35-,39-38-. The van der Waals surface area contributed by atoms with Crippen molar-refractivity contribution in [2.24, 2.45) is 0 Å². The van der Waals surface area contributed by atoms with E-state index in [2.05, 4.69) is 93.7 Å². The van der Waals surface area contributed by atoms with Gasteiger partial charge in [0.15, 0.2) is 6.10 Å². The second-order valence-electron chi connectivity index (χ2n) is 22.7. The molecule has 452 valence electrons. The molecular weight excluding hydrogens is 961 g/mol. The van der Waals surface area contributed by atoms with Crippen LogP contribution in [0.1, 0.15) is 348 Å². The largest absolute Gasteiger partial charge is 0.462 e. The first-order valence-corrected chi connectivity index (χ1v) is 33.9. The quantitative estimate of drug-likeness (QED) is 0.0261. The summed E-state index contributed by atoms with van der Waals surface area (Å²) in [5.41, 5.74) is 0. The van der Waals surface area contributed by atoms with Crippen molar-refractivity contribution in [3.63, 3.8) is 0 Å². The monoisotopic (exact) mass is 1090 g/mol. The predicted octanol–water partition coefficient (Wildman–Crippen LogP) is 23.3. The van der Waals surface area contributed by atoms with Crippen molar-refractivity contribution in [1.29, 1.82) is 0 Å². The first-order chi connectivity index (χ1) is 38.5. The topological polar surface area (TPSA) is 78.9 Å². The van der Waals surface area contributed by atoms with E-state index in [1.807, 2.05) is 0 Å². The van der Waals surface area contributed by atoms with E-state index in [0.29, 0.717) is 19.3 Å². The van der Waals surface area contributed by atoms with Gasteiger partial charge in [-0.05, 0) is 70.6 Å². The predicted molar refractivity (Wildman–Crippen MR) is 339 cm³/mol. The van der Waals surface area contributed by atoms with Crippen LogP contribution in [0, 0.1) is 0 Å². The Balaban J connectivity index is 4.31. The Kier molecular flexibility index (Phi) is 63.7. The SMILES string of the molecule is CC/C=C\C/C=C\C/C=C\C/C=C\C/C=C\C/C=C\CCCCCCCCCCC(=O)OCC(COC(=O)CCCCCCCCCCCCCCCCC)OC(=O)CCCCCCCCCCCCCCCCCCCC. The van der Waals surface area contributed by atoms with Crippen molar-refractivity contribution in [2.45, 2.75) is 354 Å². The molecule has 6 nitrogen and oxygen atoms in total. The third-order valence-electron chi connectivity index (χ3n) is 15.0. The van der Waals surface area contributed by atoms with E-state index in [1.165, 1.54) is 205 Å². The fraction of sp³-hybridized carbons (Fsp3) is 0.792.